The topological polar surface area (TPSA) is 34.9 Å². The van der Waals surface area contributed by atoms with E-state index in [1.54, 1.807) is 11.8 Å². The largest absolute Gasteiger partial charge is 0.287 e. The van der Waals surface area contributed by atoms with Crippen LogP contribution >= 0.6 is 11.8 Å². The Morgan fingerprint density at radius 2 is 1.67 bits per heavy atom. The minimum absolute atomic E-state index is 0.0643. The molecule has 0 spiro atoms. The van der Waals surface area contributed by atoms with Crippen molar-refractivity contribution in [3.05, 3.63) is 82.6 Å². The molecule has 4 rings (SSSR count). The maximum absolute atomic E-state index is 13.0. The monoisotopic (exact) mass is 374 g/mol. The highest BCUT2D eigenvalue weighted by molar-refractivity contribution is 7.98. The summed E-state index contributed by atoms with van der Waals surface area (Å²) in [6, 6.07) is 22.4. The van der Waals surface area contributed by atoms with Gasteiger partial charge in [0.1, 0.15) is 0 Å². The molecular weight excluding hydrogens is 352 g/mol. The lowest BCUT2D eigenvalue weighted by Crippen LogP contribution is -2.23. The van der Waals surface area contributed by atoms with E-state index in [1.165, 1.54) is 16.3 Å². The van der Waals surface area contributed by atoms with Crippen molar-refractivity contribution in [2.24, 2.45) is 0 Å². The number of nitrogens with zero attached hydrogens (tertiary/aromatic N) is 2. The van der Waals surface area contributed by atoms with Crippen molar-refractivity contribution >= 4 is 33.4 Å². The van der Waals surface area contributed by atoms with Gasteiger partial charge in [-0.25, -0.2) is 4.98 Å². The Bertz CT molecular complexity index is 1140. The second kappa shape index (κ2) is 7.97. The third-order valence-electron chi connectivity index (χ3n) is 4.80. The summed E-state index contributed by atoms with van der Waals surface area (Å²) in [7, 11) is 0. The van der Waals surface area contributed by atoms with Crippen LogP contribution in [0, 0.1) is 0 Å². The second-order valence-electron chi connectivity index (χ2n) is 6.65. The molecule has 1 aromatic heterocycles. The molecule has 3 nitrogen and oxygen atoms in total. The molecule has 4 aromatic rings. The number of benzene rings is 3. The molecule has 0 atom stereocenters. The molecule has 0 bridgehead atoms. The number of hydrogen-bond donors (Lipinski definition) is 0. The highest BCUT2D eigenvalue weighted by atomic mass is 32.2. The van der Waals surface area contributed by atoms with Crippen LogP contribution in [0.4, 0.5) is 0 Å². The summed E-state index contributed by atoms with van der Waals surface area (Å²) in [5.74, 6) is 0.790. The van der Waals surface area contributed by atoms with E-state index in [4.69, 9.17) is 4.98 Å². The Morgan fingerprint density at radius 1 is 0.926 bits per heavy atom. The van der Waals surface area contributed by atoms with Crippen molar-refractivity contribution in [1.29, 1.82) is 0 Å². The first kappa shape index (κ1) is 17.8. The molecule has 0 unspecified atom stereocenters. The van der Waals surface area contributed by atoms with E-state index in [9.17, 15) is 4.79 Å². The van der Waals surface area contributed by atoms with Crippen LogP contribution in [-0.2, 0) is 12.3 Å². The summed E-state index contributed by atoms with van der Waals surface area (Å²) >= 11 is 1.65. The highest BCUT2D eigenvalue weighted by Gasteiger charge is 2.12. The van der Waals surface area contributed by atoms with Crippen LogP contribution in [-0.4, -0.2) is 9.55 Å². The maximum atomic E-state index is 13.0. The zero-order chi connectivity index (χ0) is 18.6. The fourth-order valence-electron chi connectivity index (χ4n) is 3.33. The summed E-state index contributed by atoms with van der Waals surface area (Å²) in [6.45, 7) is 2.85. The number of para-hydroxylation sites is 1. The molecular formula is C23H22N2OS. The molecule has 0 fully saturated rings. The average Bonchev–Trinajstić information content (AvgIpc) is 2.72. The Morgan fingerprint density at radius 3 is 2.52 bits per heavy atom. The smallest absolute Gasteiger partial charge is 0.262 e. The van der Waals surface area contributed by atoms with Gasteiger partial charge in [0.05, 0.1) is 10.9 Å². The van der Waals surface area contributed by atoms with Crippen LogP contribution < -0.4 is 5.56 Å². The van der Waals surface area contributed by atoms with Gasteiger partial charge in [-0.15, -0.1) is 0 Å². The van der Waals surface area contributed by atoms with Crippen molar-refractivity contribution in [1.82, 2.24) is 9.55 Å². The predicted molar refractivity (Wildman–Crippen MR) is 114 cm³/mol. The number of rotatable bonds is 6. The third kappa shape index (κ3) is 3.62. The van der Waals surface area contributed by atoms with Gasteiger partial charge < -0.3 is 0 Å². The zero-order valence-electron chi connectivity index (χ0n) is 15.4. The van der Waals surface area contributed by atoms with Crippen LogP contribution in [0.25, 0.3) is 21.7 Å². The molecule has 0 saturated heterocycles. The van der Waals surface area contributed by atoms with Gasteiger partial charge in [0.15, 0.2) is 5.16 Å². The first-order valence-corrected chi connectivity index (χ1v) is 10.4. The fourth-order valence-corrected chi connectivity index (χ4v) is 4.36. The SMILES string of the molecule is CCCCn1c(SCc2cccc3ccccc23)nc2ccccc2c1=O. The summed E-state index contributed by atoms with van der Waals surface area (Å²) in [5.41, 5.74) is 2.10. The van der Waals surface area contributed by atoms with Gasteiger partial charge in [-0.3, -0.25) is 9.36 Å². The van der Waals surface area contributed by atoms with E-state index >= 15 is 0 Å². The summed E-state index contributed by atoms with van der Waals surface area (Å²) in [4.78, 5) is 17.8. The van der Waals surface area contributed by atoms with Gasteiger partial charge in [-0.1, -0.05) is 79.7 Å². The molecule has 0 N–H and O–H groups in total. The molecule has 0 amide bonds. The molecule has 3 aromatic carbocycles. The van der Waals surface area contributed by atoms with Crippen LogP contribution in [0.3, 0.4) is 0 Å². The average molecular weight is 375 g/mol. The Hall–Kier alpha value is -2.59. The quantitative estimate of drug-likeness (QED) is 0.323. The molecule has 0 radical (unpaired) electrons. The Balaban J connectivity index is 1.73. The zero-order valence-corrected chi connectivity index (χ0v) is 16.2. The van der Waals surface area contributed by atoms with E-state index in [2.05, 4.69) is 49.4 Å². The van der Waals surface area contributed by atoms with E-state index in [0.717, 1.165) is 29.3 Å². The standard InChI is InChI=1S/C23H22N2OS/c1-2-3-15-25-22(26)20-13-6-7-14-21(20)24-23(25)27-16-18-11-8-10-17-9-4-5-12-19(17)18/h4-14H,2-3,15-16H2,1H3. The van der Waals surface area contributed by atoms with Gasteiger partial charge >= 0.3 is 0 Å². The highest BCUT2D eigenvalue weighted by Crippen LogP contribution is 2.27. The molecule has 0 aliphatic heterocycles. The molecule has 4 heteroatoms. The Labute approximate surface area is 163 Å². The summed E-state index contributed by atoms with van der Waals surface area (Å²) in [5, 5.41) is 4.00. The van der Waals surface area contributed by atoms with Crippen molar-refractivity contribution in [3.8, 4) is 0 Å². The van der Waals surface area contributed by atoms with Crippen molar-refractivity contribution in [2.75, 3.05) is 0 Å². The summed E-state index contributed by atoms with van der Waals surface area (Å²) in [6.07, 6.45) is 2.02. The normalized spacial score (nSPS) is 11.3. The lowest BCUT2D eigenvalue weighted by Gasteiger charge is -2.13. The number of hydrogen-bond acceptors (Lipinski definition) is 3. The van der Waals surface area contributed by atoms with Crippen LogP contribution in [0.2, 0.25) is 0 Å². The molecule has 27 heavy (non-hydrogen) atoms. The van der Waals surface area contributed by atoms with E-state index in [1.807, 2.05) is 28.8 Å². The van der Waals surface area contributed by atoms with Gasteiger partial charge in [-0.05, 0) is 34.9 Å². The predicted octanol–water partition coefficient (Wildman–Crippen LogP) is 5.64. The minimum Gasteiger partial charge on any atom is -0.287 e. The summed E-state index contributed by atoms with van der Waals surface area (Å²) < 4.78 is 1.85. The van der Waals surface area contributed by atoms with E-state index in [-0.39, 0.29) is 5.56 Å². The van der Waals surface area contributed by atoms with Gasteiger partial charge in [0.2, 0.25) is 0 Å². The third-order valence-corrected chi connectivity index (χ3v) is 5.82. The first-order chi connectivity index (χ1) is 13.3. The van der Waals surface area contributed by atoms with Crippen LogP contribution in [0.1, 0.15) is 25.3 Å². The fraction of sp³-hybridized carbons (Fsp3) is 0.217. The Kier molecular flexibility index (Phi) is 5.26. The number of fused-ring (bicyclic) bond motifs is 2. The van der Waals surface area contributed by atoms with Crippen LogP contribution in [0.5, 0.6) is 0 Å². The molecule has 136 valence electrons. The van der Waals surface area contributed by atoms with Gasteiger partial charge in [0, 0.05) is 12.3 Å². The number of aromatic nitrogens is 2. The number of thioether (sulfide) groups is 1. The molecule has 0 saturated carbocycles. The molecule has 0 aliphatic carbocycles. The van der Waals surface area contributed by atoms with E-state index in [0.29, 0.717) is 11.9 Å². The van der Waals surface area contributed by atoms with Gasteiger partial charge in [-0.2, -0.15) is 0 Å². The lowest BCUT2D eigenvalue weighted by atomic mass is 10.1. The van der Waals surface area contributed by atoms with Crippen molar-refractivity contribution in [3.63, 3.8) is 0 Å². The van der Waals surface area contributed by atoms with Crippen LogP contribution in [0.15, 0.2) is 76.7 Å². The lowest BCUT2D eigenvalue weighted by molar-refractivity contribution is 0.558. The second-order valence-corrected chi connectivity index (χ2v) is 7.59. The molecule has 1 heterocycles. The molecule has 0 aliphatic rings. The maximum Gasteiger partial charge on any atom is 0.262 e. The number of unbranched alkanes of at least 4 members (excludes halogenated alkanes) is 1. The van der Waals surface area contributed by atoms with Gasteiger partial charge in [0.25, 0.3) is 5.56 Å². The van der Waals surface area contributed by atoms with Crippen molar-refractivity contribution in [2.45, 2.75) is 37.2 Å². The minimum atomic E-state index is 0.0643. The van der Waals surface area contributed by atoms with Crippen molar-refractivity contribution < 1.29 is 0 Å². The first-order valence-electron chi connectivity index (χ1n) is 9.37. The van der Waals surface area contributed by atoms with E-state index < -0.39 is 0 Å².